The van der Waals surface area contributed by atoms with Crippen LogP contribution in [0.5, 0.6) is 11.6 Å². The minimum atomic E-state index is -0.512. The Morgan fingerprint density at radius 2 is 2.00 bits per heavy atom. The van der Waals surface area contributed by atoms with Crippen LogP contribution in [0.3, 0.4) is 0 Å². The van der Waals surface area contributed by atoms with Crippen molar-refractivity contribution < 1.29 is 14.5 Å². The first-order valence-electron chi connectivity index (χ1n) is 7.31. The summed E-state index contributed by atoms with van der Waals surface area (Å²) in [5.41, 5.74) is 0.143. The number of likely N-dealkylation sites (tertiary alicyclic amines) is 1. The lowest BCUT2D eigenvalue weighted by Gasteiger charge is -2.12. The number of carbonyl (C=O) groups is 1. The standard InChI is InChI=1S/C15H16N4O4/c1-17-14(23-13-7-3-2-6-12(13)19(21)22)10-11(16-17)15(20)18-8-4-5-9-18/h2-3,6-7,10H,4-5,8-9H2,1H3. The molecule has 0 bridgehead atoms. The third-order valence-electron chi connectivity index (χ3n) is 3.73. The number of nitro benzene ring substituents is 1. The zero-order chi connectivity index (χ0) is 16.4. The summed E-state index contributed by atoms with van der Waals surface area (Å²) < 4.78 is 6.99. The molecule has 1 saturated heterocycles. The first-order valence-corrected chi connectivity index (χ1v) is 7.31. The SMILES string of the molecule is Cn1nc(C(=O)N2CCCC2)cc1Oc1ccccc1[N+](=O)[O-]. The van der Waals surface area contributed by atoms with Gasteiger partial charge in [0.1, 0.15) is 0 Å². The highest BCUT2D eigenvalue weighted by atomic mass is 16.6. The maximum Gasteiger partial charge on any atom is 0.311 e. The molecule has 8 heteroatoms. The molecule has 1 aliphatic rings. The number of nitrogens with zero attached hydrogens (tertiary/aromatic N) is 4. The largest absolute Gasteiger partial charge is 0.432 e. The molecular weight excluding hydrogens is 300 g/mol. The monoisotopic (exact) mass is 316 g/mol. The number of para-hydroxylation sites is 2. The average Bonchev–Trinajstić information content (AvgIpc) is 3.18. The van der Waals surface area contributed by atoms with Gasteiger partial charge in [-0.05, 0) is 18.9 Å². The van der Waals surface area contributed by atoms with Gasteiger partial charge < -0.3 is 9.64 Å². The van der Waals surface area contributed by atoms with Gasteiger partial charge in [-0.25, -0.2) is 4.68 Å². The van der Waals surface area contributed by atoms with E-state index in [2.05, 4.69) is 5.10 Å². The van der Waals surface area contributed by atoms with Crippen molar-refractivity contribution in [3.63, 3.8) is 0 Å². The normalized spacial score (nSPS) is 14.0. The molecule has 0 atom stereocenters. The van der Waals surface area contributed by atoms with Crippen molar-refractivity contribution in [2.45, 2.75) is 12.8 Å². The van der Waals surface area contributed by atoms with E-state index in [4.69, 9.17) is 4.74 Å². The van der Waals surface area contributed by atoms with Crippen molar-refractivity contribution >= 4 is 11.6 Å². The third kappa shape index (κ3) is 3.01. The van der Waals surface area contributed by atoms with Crippen LogP contribution < -0.4 is 4.74 Å². The molecule has 0 spiro atoms. The average molecular weight is 316 g/mol. The van der Waals surface area contributed by atoms with E-state index >= 15 is 0 Å². The van der Waals surface area contributed by atoms with Gasteiger partial charge >= 0.3 is 5.69 Å². The molecule has 1 aliphatic heterocycles. The molecule has 2 heterocycles. The van der Waals surface area contributed by atoms with Gasteiger partial charge in [0.25, 0.3) is 5.91 Å². The maximum absolute atomic E-state index is 12.3. The Kier molecular flexibility index (Phi) is 3.96. The predicted molar refractivity (Wildman–Crippen MR) is 81.5 cm³/mol. The Hall–Kier alpha value is -2.90. The second-order valence-corrected chi connectivity index (χ2v) is 5.32. The van der Waals surface area contributed by atoms with Gasteiger partial charge in [-0.1, -0.05) is 12.1 Å². The summed E-state index contributed by atoms with van der Waals surface area (Å²) in [5, 5.41) is 15.2. The number of aryl methyl sites for hydroxylation is 1. The van der Waals surface area contributed by atoms with Gasteiger partial charge in [-0.3, -0.25) is 14.9 Å². The molecule has 3 rings (SSSR count). The minimum absolute atomic E-state index is 0.112. The van der Waals surface area contributed by atoms with Crippen LogP contribution in [0.15, 0.2) is 30.3 Å². The van der Waals surface area contributed by atoms with Crippen molar-refractivity contribution in [2.24, 2.45) is 7.05 Å². The molecule has 0 saturated carbocycles. The van der Waals surface area contributed by atoms with Crippen molar-refractivity contribution in [3.8, 4) is 11.6 Å². The Labute approximate surface area is 132 Å². The lowest BCUT2D eigenvalue weighted by molar-refractivity contribution is -0.385. The Morgan fingerprint density at radius 1 is 1.30 bits per heavy atom. The van der Waals surface area contributed by atoms with Gasteiger partial charge in [0.05, 0.1) is 4.92 Å². The Morgan fingerprint density at radius 3 is 2.70 bits per heavy atom. The number of ether oxygens (including phenoxy) is 1. The zero-order valence-electron chi connectivity index (χ0n) is 12.6. The number of rotatable bonds is 4. The lowest BCUT2D eigenvalue weighted by Crippen LogP contribution is -2.28. The molecule has 8 nitrogen and oxygen atoms in total. The van der Waals surface area contributed by atoms with Gasteiger partial charge in [-0.2, -0.15) is 5.10 Å². The smallest absolute Gasteiger partial charge is 0.311 e. The first-order chi connectivity index (χ1) is 11.1. The molecule has 1 fully saturated rings. The van der Waals surface area contributed by atoms with E-state index in [1.165, 1.54) is 22.9 Å². The molecule has 0 aliphatic carbocycles. The quantitative estimate of drug-likeness (QED) is 0.638. The van der Waals surface area contributed by atoms with Crippen LogP contribution in [0.1, 0.15) is 23.3 Å². The van der Waals surface area contributed by atoms with Gasteiger partial charge in [0, 0.05) is 32.3 Å². The van der Waals surface area contributed by atoms with Crippen LogP contribution in [-0.4, -0.2) is 38.6 Å². The van der Waals surface area contributed by atoms with Crippen molar-refractivity contribution in [1.29, 1.82) is 0 Å². The van der Waals surface area contributed by atoms with Crippen molar-refractivity contribution in [3.05, 3.63) is 46.1 Å². The summed E-state index contributed by atoms with van der Waals surface area (Å²) in [6.45, 7) is 1.46. The van der Waals surface area contributed by atoms with E-state index in [9.17, 15) is 14.9 Å². The topological polar surface area (TPSA) is 90.5 Å². The van der Waals surface area contributed by atoms with Crippen molar-refractivity contribution in [1.82, 2.24) is 14.7 Å². The summed E-state index contributed by atoms with van der Waals surface area (Å²) >= 11 is 0. The number of nitro groups is 1. The first kappa shape index (κ1) is 15.0. The van der Waals surface area contributed by atoms with Gasteiger partial charge in [-0.15, -0.1) is 0 Å². The minimum Gasteiger partial charge on any atom is -0.432 e. The van der Waals surface area contributed by atoms with Crippen LogP contribution in [0.2, 0.25) is 0 Å². The second kappa shape index (κ2) is 6.07. The van der Waals surface area contributed by atoms with Crippen LogP contribution in [0.25, 0.3) is 0 Å². The molecule has 23 heavy (non-hydrogen) atoms. The lowest BCUT2D eigenvalue weighted by atomic mass is 10.3. The Balaban J connectivity index is 1.84. The summed E-state index contributed by atoms with van der Waals surface area (Å²) in [5.74, 6) is 0.248. The molecule has 1 aromatic carbocycles. The fourth-order valence-corrected chi connectivity index (χ4v) is 2.54. The number of aromatic nitrogens is 2. The van der Waals surface area contributed by atoms with E-state index < -0.39 is 4.92 Å². The number of hydrogen-bond acceptors (Lipinski definition) is 5. The summed E-state index contributed by atoms with van der Waals surface area (Å²) in [4.78, 5) is 24.6. The second-order valence-electron chi connectivity index (χ2n) is 5.32. The fourth-order valence-electron chi connectivity index (χ4n) is 2.54. The third-order valence-corrected chi connectivity index (χ3v) is 3.73. The van der Waals surface area contributed by atoms with Gasteiger partial charge in [0.2, 0.25) is 11.6 Å². The molecule has 1 amide bonds. The number of amides is 1. The molecule has 0 radical (unpaired) electrons. The summed E-state index contributed by atoms with van der Waals surface area (Å²) in [7, 11) is 1.63. The molecule has 1 aromatic heterocycles. The maximum atomic E-state index is 12.3. The van der Waals surface area contributed by atoms with E-state index in [1.807, 2.05) is 0 Å². The van der Waals surface area contributed by atoms with Crippen LogP contribution in [-0.2, 0) is 7.05 Å². The fraction of sp³-hybridized carbons (Fsp3) is 0.333. The molecule has 0 unspecified atom stereocenters. The molecule has 0 N–H and O–H groups in total. The van der Waals surface area contributed by atoms with Crippen LogP contribution in [0.4, 0.5) is 5.69 Å². The molecule has 120 valence electrons. The molecule has 2 aromatic rings. The predicted octanol–water partition coefficient (Wildman–Crippen LogP) is 2.36. The van der Waals surface area contributed by atoms with E-state index in [0.717, 1.165) is 25.9 Å². The number of carbonyl (C=O) groups excluding carboxylic acids is 1. The van der Waals surface area contributed by atoms with Crippen molar-refractivity contribution in [2.75, 3.05) is 13.1 Å². The van der Waals surface area contributed by atoms with Crippen LogP contribution >= 0.6 is 0 Å². The highest BCUT2D eigenvalue weighted by molar-refractivity contribution is 5.92. The summed E-state index contributed by atoms with van der Waals surface area (Å²) in [6, 6.07) is 7.60. The number of hydrogen-bond donors (Lipinski definition) is 0. The highest BCUT2D eigenvalue weighted by Gasteiger charge is 2.24. The Bertz CT molecular complexity index is 750. The highest BCUT2D eigenvalue weighted by Crippen LogP contribution is 2.31. The van der Waals surface area contributed by atoms with E-state index in [0.29, 0.717) is 0 Å². The van der Waals surface area contributed by atoms with E-state index in [-0.39, 0.29) is 28.9 Å². The van der Waals surface area contributed by atoms with Crippen LogP contribution in [0, 0.1) is 10.1 Å². The van der Waals surface area contributed by atoms with E-state index in [1.54, 1.807) is 24.1 Å². The summed E-state index contributed by atoms with van der Waals surface area (Å²) in [6.07, 6.45) is 2.00. The zero-order valence-corrected chi connectivity index (χ0v) is 12.6. The number of benzene rings is 1. The molecular formula is C15H16N4O4. The van der Waals surface area contributed by atoms with Gasteiger partial charge in [0.15, 0.2) is 5.69 Å².